The van der Waals surface area contributed by atoms with Crippen molar-refractivity contribution in [2.75, 3.05) is 63.2 Å². The summed E-state index contributed by atoms with van der Waals surface area (Å²) in [5.74, 6) is 0.0225. The van der Waals surface area contributed by atoms with Gasteiger partial charge in [0.1, 0.15) is 5.70 Å². The highest BCUT2D eigenvalue weighted by atomic mass is 35.5. The lowest BCUT2D eigenvalue weighted by molar-refractivity contribution is -0.117. The van der Waals surface area contributed by atoms with E-state index in [9.17, 15) is 4.79 Å². The quantitative estimate of drug-likeness (QED) is 0.725. The minimum absolute atomic E-state index is 0.0225. The van der Waals surface area contributed by atoms with Crippen LogP contribution >= 0.6 is 11.6 Å². The van der Waals surface area contributed by atoms with Crippen molar-refractivity contribution in [2.45, 2.75) is 0 Å². The normalized spacial score (nSPS) is 19.9. The van der Waals surface area contributed by atoms with Crippen LogP contribution in [0, 0.1) is 0 Å². The van der Waals surface area contributed by atoms with Gasteiger partial charge in [-0.3, -0.25) is 4.79 Å². The first-order valence-corrected chi connectivity index (χ1v) is 10.4. The molecule has 6 heteroatoms. The first kappa shape index (κ1) is 19.8. The van der Waals surface area contributed by atoms with Gasteiger partial charge in [-0.05, 0) is 43.5 Å². The summed E-state index contributed by atoms with van der Waals surface area (Å²) in [6.45, 7) is 5.54. The molecule has 0 spiro atoms. The predicted molar refractivity (Wildman–Crippen MR) is 121 cm³/mol. The summed E-state index contributed by atoms with van der Waals surface area (Å²) in [5.41, 5.74) is 3.88. The number of hydrogen-bond donors (Lipinski definition) is 0. The van der Waals surface area contributed by atoms with E-state index >= 15 is 0 Å². The Morgan fingerprint density at radius 3 is 2.28 bits per heavy atom. The summed E-state index contributed by atoms with van der Waals surface area (Å²) in [5, 5.41) is 0.673. The molecule has 29 heavy (non-hydrogen) atoms. The lowest BCUT2D eigenvalue weighted by atomic mass is 10.1. The average molecular weight is 411 g/mol. The van der Waals surface area contributed by atoms with Crippen molar-refractivity contribution in [1.29, 1.82) is 0 Å². The zero-order chi connectivity index (χ0) is 20.4. The SMILES string of the molecule is CN1CCN(c2ccccc2/C=C2/C(=O)N(c3ccc(Cl)cc3)CCN2C)CC1. The van der Waals surface area contributed by atoms with Crippen molar-refractivity contribution in [3.8, 4) is 0 Å². The number of rotatable bonds is 3. The van der Waals surface area contributed by atoms with Gasteiger partial charge in [-0.15, -0.1) is 0 Å². The summed E-state index contributed by atoms with van der Waals surface area (Å²) >= 11 is 6.02. The number of carbonyl (C=O) groups is 1. The summed E-state index contributed by atoms with van der Waals surface area (Å²) in [7, 11) is 4.15. The highest BCUT2D eigenvalue weighted by Gasteiger charge is 2.28. The zero-order valence-electron chi connectivity index (χ0n) is 17.0. The van der Waals surface area contributed by atoms with Crippen LogP contribution in [0.2, 0.25) is 5.02 Å². The molecule has 0 aromatic heterocycles. The van der Waals surface area contributed by atoms with Crippen molar-refractivity contribution >= 4 is 35.0 Å². The van der Waals surface area contributed by atoms with Crippen LogP contribution in [0.5, 0.6) is 0 Å². The van der Waals surface area contributed by atoms with Gasteiger partial charge in [0.2, 0.25) is 0 Å². The van der Waals surface area contributed by atoms with Crippen LogP contribution in [0.1, 0.15) is 5.56 Å². The third-order valence-corrected chi connectivity index (χ3v) is 6.00. The Bertz CT molecular complexity index is 903. The summed E-state index contributed by atoms with van der Waals surface area (Å²) in [6.07, 6.45) is 2.04. The molecule has 0 saturated carbocycles. The maximum absolute atomic E-state index is 13.3. The van der Waals surface area contributed by atoms with Crippen LogP contribution in [-0.2, 0) is 4.79 Å². The second-order valence-corrected chi connectivity index (χ2v) is 8.17. The molecule has 0 aliphatic carbocycles. The number of para-hydroxylation sites is 1. The van der Waals surface area contributed by atoms with E-state index in [-0.39, 0.29) is 5.91 Å². The highest BCUT2D eigenvalue weighted by Crippen LogP contribution is 2.28. The minimum atomic E-state index is 0.0225. The van der Waals surface area contributed by atoms with Gasteiger partial charge in [0.05, 0.1) is 0 Å². The Balaban J connectivity index is 1.64. The van der Waals surface area contributed by atoms with Gasteiger partial charge < -0.3 is 19.6 Å². The Morgan fingerprint density at radius 2 is 1.55 bits per heavy atom. The topological polar surface area (TPSA) is 30.0 Å². The van der Waals surface area contributed by atoms with E-state index in [0.717, 1.165) is 44.0 Å². The molecule has 152 valence electrons. The molecule has 0 atom stereocenters. The van der Waals surface area contributed by atoms with E-state index in [2.05, 4.69) is 39.9 Å². The lowest BCUT2D eigenvalue weighted by Crippen LogP contribution is -2.47. The molecule has 2 fully saturated rings. The van der Waals surface area contributed by atoms with E-state index in [0.29, 0.717) is 17.3 Å². The minimum Gasteiger partial charge on any atom is -0.368 e. The standard InChI is InChI=1S/C23H27ClN4O/c1-25-11-14-27(15-12-25)21-6-4-3-5-18(21)17-22-23(29)28(16-13-26(22)2)20-9-7-19(24)8-10-20/h3-10,17H,11-16H2,1-2H3/b22-17-. The number of benzene rings is 2. The maximum atomic E-state index is 13.3. The number of piperazine rings is 2. The van der Waals surface area contributed by atoms with Gasteiger partial charge in [0, 0.05) is 68.3 Å². The number of anilines is 2. The van der Waals surface area contributed by atoms with Gasteiger partial charge in [-0.1, -0.05) is 29.8 Å². The number of likely N-dealkylation sites (N-methyl/N-ethyl adjacent to an activating group) is 2. The van der Waals surface area contributed by atoms with E-state index in [4.69, 9.17) is 11.6 Å². The Morgan fingerprint density at radius 1 is 0.862 bits per heavy atom. The van der Waals surface area contributed by atoms with Gasteiger partial charge in [0.25, 0.3) is 5.91 Å². The molecule has 2 saturated heterocycles. The van der Waals surface area contributed by atoms with Gasteiger partial charge in [0.15, 0.2) is 0 Å². The number of amides is 1. The van der Waals surface area contributed by atoms with E-state index < -0.39 is 0 Å². The van der Waals surface area contributed by atoms with Gasteiger partial charge in [-0.25, -0.2) is 0 Å². The smallest absolute Gasteiger partial charge is 0.274 e. The highest BCUT2D eigenvalue weighted by molar-refractivity contribution is 6.30. The number of halogens is 1. The van der Waals surface area contributed by atoms with Gasteiger partial charge in [-0.2, -0.15) is 0 Å². The van der Waals surface area contributed by atoms with E-state index in [1.165, 1.54) is 5.69 Å². The molecule has 4 rings (SSSR count). The Labute approximate surface area is 177 Å². The van der Waals surface area contributed by atoms with Crippen LogP contribution in [0.3, 0.4) is 0 Å². The second kappa shape index (κ2) is 8.47. The number of hydrogen-bond acceptors (Lipinski definition) is 4. The molecule has 0 bridgehead atoms. The lowest BCUT2D eigenvalue weighted by Gasteiger charge is -2.36. The fraction of sp³-hybridized carbons (Fsp3) is 0.348. The molecule has 0 N–H and O–H groups in total. The molecular formula is C23H27ClN4O. The van der Waals surface area contributed by atoms with Crippen molar-refractivity contribution < 1.29 is 4.79 Å². The van der Waals surface area contributed by atoms with Gasteiger partial charge >= 0.3 is 0 Å². The van der Waals surface area contributed by atoms with Crippen LogP contribution in [0.15, 0.2) is 54.2 Å². The summed E-state index contributed by atoms with van der Waals surface area (Å²) < 4.78 is 0. The maximum Gasteiger partial charge on any atom is 0.274 e. The average Bonchev–Trinajstić information content (AvgIpc) is 2.73. The molecule has 0 unspecified atom stereocenters. The predicted octanol–water partition coefficient (Wildman–Crippen LogP) is 3.41. The molecule has 2 aromatic carbocycles. The summed E-state index contributed by atoms with van der Waals surface area (Å²) in [6, 6.07) is 15.8. The molecule has 5 nitrogen and oxygen atoms in total. The molecule has 0 radical (unpaired) electrons. The van der Waals surface area contributed by atoms with Crippen molar-refractivity contribution in [3.63, 3.8) is 0 Å². The number of carbonyl (C=O) groups excluding carboxylic acids is 1. The fourth-order valence-electron chi connectivity index (χ4n) is 3.91. The third-order valence-electron chi connectivity index (χ3n) is 5.75. The van der Waals surface area contributed by atoms with E-state index in [1.807, 2.05) is 48.4 Å². The monoisotopic (exact) mass is 410 g/mol. The van der Waals surface area contributed by atoms with Crippen LogP contribution in [0.25, 0.3) is 6.08 Å². The fourth-order valence-corrected chi connectivity index (χ4v) is 4.03. The second-order valence-electron chi connectivity index (χ2n) is 7.73. The Kier molecular flexibility index (Phi) is 5.79. The molecule has 2 aliphatic rings. The van der Waals surface area contributed by atoms with E-state index in [1.54, 1.807) is 0 Å². The molecule has 1 amide bonds. The summed E-state index contributed by atoms with van der Waals surface area (Å²) in [4.78, 5) is 22.0. The third kappa shape index (κ3) is 4.26. The largest absolute Gasteiger partial charge is 0.368 e. The van der Waals surface area contributed by atoms with Crippen molar-refractivity contribution in [1.82, 2.24) is 9.80 Å². The first-order chi connectivity index (χ1) is 14.0. The molecule has 2 aliphatic heterocycles. The van der Waals surface area contributed by atoms with Crippen LogP contribution in [0.4, 0.5) is 11.4 Å². The molecular weight excluding hydrogens is 384 g/mol. The Hall–Kier alpha value is -2.50. The molecule has 2 heterocycles. The van der Waals surface area contributed by atoms with Crippen LogP contribution in [-0.4, -0.2) is 69.1 Å². The van der Waals surface area contributed by atoms with Crippen LogP contribution < -0.4 is 9.80 Å². The number of nitrogens with zero attached hydrogens (tertiary/aromatic N) is 4. The van der Waals surface area contributed by atoms with Crippen molar-refractivity contribution in [2.24, 2.45) is 0 Å². The molecule has 2 aromatic rings. The zero-order valence-corrected chi connectivity index (χ0v) is 17.8. The first-order valence-electron chi connectivity index (χ1n) is 10.1. The van der Waals surface area contributed by atoms with Crippen molar-refractivity contribution in [3.05, 3.63) is 64.8 Å².